The first-order chi connectivity index (χ1) is 12.0. The van der Waals surface area contributed by atoms with E-state index in [0.29, 0.717) is 6.54 Å². The van der Waals surface area contributed by atoms with Gasteiger partial charge in [0.15, 0.2) is 5.96 Å². The lowest BCUT2D eigenvalue weighted by Gasteiger charge is -2.09. The van der Waals surface area contributed by atoms with Crippen LogP contribution in [0.4, 0.5) is 11.4 Å². The Morgan fingerprint density at radius 2 is 2.04 bits per heavy atom. The lowest BCUT2D eigenvalue weighted by molar-refractivity contribution is -0.116. The molecule has 25 heavy (non-hydrogen) atoms. The fraction of sp³-hybridized carbons (Fsp3) is 0.222. The average Bonchev–Trinajstić information content (AvgIpc) is 2.57. The minimum atomic E-state index is -0.108. The normalized spacial score (nSPS) is 11.1. The van der Waals surface area contributed by atoms with Crippen molar-refractivity contribution >= 4 is 39.2 Å². The molecule has 2 rings (SSSR count). The standard InChI is InChI=1S/C18H21BrN4O2/c1-12-10-13(19)6-7-16(12)23-17(24)8-9-21-18(20)22-14-4-3-5-15(11-14)25-2/h3-7,10-11H,8-9H2,1-2H3,(H,23,24)(H3,20,21,22). The van der Waals surface area contributed by atoms with Crippen molar-refractivity contribution in [3.8, 4) is 5.75 Å². The Labute approximate surface area is 155 Å². The Morgan fingerprint density at radius 3 is 2.76 bits per heavy atom. The molecule has 2 aromatic carbocycles. The summed E-state index contributed by atoms with van der Waals surface area (Å²) in [6.07, 6.45) is 0.246. The molecule has 6 nitrogen and oxygen atoms in total. The van der Waals surface area contributed by atoms with E-state index in [1.165, 1.54) is 0 Å². The zero-order valence-electron chi connectivity index (χ0n) is 14.2. The number of hydrogen-bond donors (Lipinski definition) is 3. The van der Waals surface area contributed by atoms with Crippen molar-refractivity contribution in [3.63, 3.8) is 0 Å². The second-order valence-corrected chi connectivity index (χ2v) is 6.30. The molecule has 0 spiro atoms. The van der Waals surface area contributed by atoms with Gasteiger partial charge >= 0.3 is 0 Å². The molecule has 1 amide bonds. The molecule has 0 unspecified atom stereocenters. The summed E-state index contributed by atoms with van der Waals surface area (Å²) in [4.78, 5) is 16.2. The molecule has 0 aliphatic carbocycles. The van der Waals surface area contributed by atoms with Gasteiger partial charge in [0.2, 0.25) is 5.91 Å². The van der Waals surface area contributed by atoms with Gasteiger partial charge in [-0.1, -0.05) is 22.0 Å². The summed E-state index contributed by atoms with van der Waals surface area (Å²) in [6, 6.07) is 13.1. The van der Waals surface area contributed by atoms with Crippen LogP contribution >= 0.6 is 15.9 Å². The number of anilines is 2. The van der Waals surface area contributed by atoms with Gasteiger partial charge in [0.25, 0.3) is 0 Å². The molecule has 0 aliphatic heterocycles. The largest absolute Gasteiger partial charge is 0.497 e. The molecule has 132 valence electrons. The van der Waals surface area contributed by atoms with Gasteiger partial charge in [-0.3, -0.25) is 9.79 Å². The number of aliphatic imine (C=N–C) groups is 1. The topological polar surface area (TPSA) is 88.7 Å². The number of hydrogen-bond acceptors (Lipinski definition) is 3. The number of nitrogens with two attached hydrogens (primary N) is 1. The fourth-order valence-corrected chi connectivity index (χ4v) is 2.62. The molecule has 2 aromatic rings. The number of nitrogens with zero attached hydrogens (tertiary/aromatic N) is 1. The molecule has 0 aromatic heterocycles. The first kappa shape index (κ1) is 18.8. The van der Waals surface area contributed by atoms with Crippen LogP contribution < -0.4 is 21.1 Å². The summed E-state index contributed by atoms with van der Waals surface area (Å²) in [5.74, 6) is 0.867. The summed E-state index contributed by atoms with van der Waals surface area (Å²) in [5, 5.41) is 5.84. The molecule has 0 aliphatic rings. The Bertz CT molecular complexity index is 777. The lowest BCUT2D eigenvalue weighted by atomic mass is 10.2. The molecule has 7 heteroatoms. The predicted molar refractivity (Wildman–Crippen MR) is 105 cm³/mol. The highest BCUT2D eigenvalue weighted by Crippen LogP contribution is 2.20. The molecule has 0 bridgehead atoms. The first-order valence-electron chi connectivity index (χ1n) is 7.75. The number of carbonyl (C=O) groups excluding carboxylic acids is 1. The second kappa shape index (κ2) is 9.08. The summed E-state index contributed by atoms with van der Waals surface area (Å²) in [7, 11) is 1.60. The maximum absolute atomic E-state index is 12.0. The highest BCUT2D eigenvalue weighted by Gasteiger charge is 2.05. The Morgan fingerprint density at radius 1 is 1.24 bits per heavy atom. The molecule has 0 radical (unpaired) electrons. The van der Waals surface area contributed by atoms with Crippen LogP contribution in [0.2, 0.25) is 0 Å². The van der Waals surface area contributed by atoms with Gasteiger partial charge in [0.05, 0.1) is 13.7 Å². The minimum absolute atomic E-state index is 0.108. The van der Waals surface area contributed by atoms with Gasteiger partial charge in [-0.2, -0.15) is 0 Å². The van der Waals surface area contributed by atoms with Crippen LogP contribution in [0.1, 0.15) is 12.0 Å². The average molecular weight is 405 g/mol. The fourth-order valence-electron chi connectivity index (χ4n) is 2.15. The third-order valence-corrected chi connectivity index (χ3v) is 3.92. The number of benzene rings is 2. The van der Waals surface area contributed by atoms with Gasteiger partial charge in [-0.05, 0) is 42.8 Å². The number of nitrogens with one attached hydrogen (secondary N) is 2. The number of ether oxygens (including phenoxy) is 1. The zero-order chi connectivity index (χ0) is 18.2. The van der Waals surface area contributed by atoms with E-state index in [-0.39, 0.29) is 18.3 Å². The molecule has 0 fully saturated rings. The molecular formula is C18H21BrN4O2. The molecule has 4 N–H and O–H groups in total. The van der Waals surface area contributed by atoms with Crippen LogP contribution in [0.5, 0.6) is 5.75 Å². The molecule has 0 heterocycles. The van der Waals surface area contributed by atoms with Gasteiger partial charge < -0.3 is 21.1 Å². The highest BCUT2D eigenvalue weighted by molar-refractivity contribution is 9.10. The van der Waals surface area contributed by atoms with Crippen molar-refractivity contribution in [1.82, 2.24) is 0 Å². The molecular weight excluding hydrogens is 384 g/mol. The Balaban J connectivity index is 1.83. The van der Waals surface area contributed by atoms with Gasteiger partial charge in [0, 0.05) is 28.3 Å². The Kier molecular flexibility index (Phi) is 6.82. The summed E-state index contributed by atoms with van der Waals surface area (Å²) in [5.41, 5.74) is 8.39. The van der Waals surface area contributed by atoms with Crippen molar-refractivity contribution in [2.45, 2.75) is 13.3 Å². The van der Waals surface area contributed by atoms with E-state index in [4.69, 9.17) is 10.5 Å². The van der Waals surface area contributed by atoms with E-state index >= 15 is 0 Å². The lowest BCUT2D eigenvalue weighted by Crippen LogP contribution is -2.23. The van der Waals surface area contributed by atoms with Crippen LogP contribution in [0.25, 0.3) is 0 Å². The van der Waals surface area contributed by atoms with Crippen LogP contribution in [-0.2, 0) is 4.79 Å². The van der Waals surface area contributed by atoms with E-state index in [0.717, 1.165) is 27.2 Å². The number of halogens is 1. The van der Waals surface area contributed by atoms with Gasteiger partial charge in [-0.25, -0.2) is 0 Å². The minimum Gasteiger partial charge on any atom is -0.497 e. The van der Waals surface area contributed by atoms with Crippen LogP contribution in [-0.4, -0.2) is 25.5 Å². The summed E-state index contributed by atoms with van der Waals surface area (Å²) < 4.78 is 6.12. The number of amides is 1. The number of carbonyl (C=O) groups is 1. The number of methoxy groups -OCH3 is 1. The maximum atomic E-state index is 12.0. The van der Waals surface area contributed by atoms with Crippen molar-refractivity contribution in [2.24, 2.45) is 10.7 Å². The maximum Gasteiger partial charge on any atom is 0.226 e. The zero-order valence-corrected chi connectivity index (χ0v) is 15.8. The van der Waals surface area contributed by atoms with Crippen LogP contribution in [0.3, 0.4) is 0 Å². The summed E-state index contributed by atoms with van der Waals surface area (Å²) >= 11 is 3.40. The predicted octanol–water partition coefficient (Wildman–Crippen LogP) is 3.52. The van der Waals surface area contributed by atoms with E-state index in [2.05, 4.69) is 31.6 Å². The van der Waals surface area contributed by atoms with E-state index in [1.54, 1.807) is 7.11 Å². The first-order valence-corrected chi connectivity index (χ1v) is 8.54. The SMILES string of the molecule is COc1cccc(NC(N)=NCCC(=O)Nc2ccc(Br)cc2C)c1. The third kappa shape index (κ3) is 6.11. The molecule has 0 saturated heterocycles. The monoisotopic (exact) mass is 404 g/mol. The van der Waals surface area contributed by atoms with Crippen molar-refractivity contribution in [1.29, 1.82) is 0 Å². The van der Waals surface area contributed by atoms with E-state index < -0.39 is 0 Å². The van der Waals surface area contributed by atoms with Crippen molar-refractivity contribution in [3.05, 3.63) is 52.5 Å². The number of aryl methyl sites for hydroxylation is 1. The highest BCUT2D eigenvalue weighted by atomic mass is 79.9. The smallest absolute Gasteiger partial charge is 0.226 e. The van der Waals surface area contributed by atoms with Gasteiger partial charge in [-0.15, -0.1) is 0 Å². The van der Waals surface area contributed by atoms with Crippen molar-refractivity contribution < 1.29 is 9.53 Å². The van der Waals surface area contributed by atoms with Crippen LogP contribution in [0, 0.1) is 6.92 Å². The number of guanidine groups is 1. The van der Waals surface area contributed by atoms with Crippen molar-refractivity contribution in [2.75, 3.05) is 24.3 Å². The quantitative estimate of drug-likeness (QED) is 0.507. The second-order valence-electron chi connectivity index (χ2n) is 5.38. The molecule has 0 atom stereocenters. The molecule has 0 saturated carbocycles. The third-order valence-electron chi connectivity index (χ3n) is 3.43. The van der Waals surface area contributed by atoms with Crippen LogP contribution in [0.15, 0.2) is 51.9 Å². The Hall–Kier alpha value is -2.54. The van der Waals surface area contributed by atoms with E-state index in [1.807, 2.05) is 49.4 Å². The van der Waals surface area contributed by atoms with Gasteiger partial charge in [0.1, 0.15) is 5.75 Å². The van der Waals surface area contributed by atoms with E-state index in [9.17, 15) is 4.79 Å². The number of rotatable bonds is 6. The summed E-state index contributed by atoms with van der Waals surface area (Å²) in [6.45, 7) is 2.23.